The fraction of sp³-hybridized carbons (Fsp3) is 0.481. The Morgan fingerprint density at radius 2 is 2.18 bits per heavy atom. The number of carboxylic acids is 1. The van der Waals surface area contributed by atoms with Gasteiger partial charge in [-0.1, -0.05) is 0 Å². The number of aromatic nitrogens is 1. The molecule has 2 aromatic heterocycles. The number of ether oxygens (including phenoxy) is 1. The standard InChI is InChI=1S/C27H34N2O4S/c1-18-11-15-34-26(18)4-3-13-29-14-10-19(23(17-29)27(31)32)5-8-25(30)21-9-12-28-24-7-6-20(33-2)16-22(21)24/h6-7,9,11-12,15-16,19,23,25,30H,3-5,8,10,13-14,17H2,1-2H3,(H,31,32)/t19-,23+,25?/m1/s1. The Morgan fingerprint density at radius 3 is 2.91 bits per heavy atom. The molecule has 1 unspecified atom stereocenters. The van der Waals surface area contributed by atoms with Crippen LogP contribution in [0.4, 0.5) is 0 Å². The molecule has 0 amide bonds. The zero-order chi connectivity index (χ0) is 24.1. The summed E-state index contributed by atoms with van der Waals surface area (Å²) >= 11 is 1.80. The summed E-state index contributed by atoms with van der Waals surface area (Å²) in [7, 11) is 1.62. The Kier molecular flexibility index (Phi) is 8.19. The van der Waals surface area contributed by atoms with Crippen molar-refractivity contribution in [1.82, 2.24) is 9.88 Å². The normalized spacial score (nSPS) is 19.9. The van der Waals surface area contributed by atoms with Crippen LogP contribution in [-0.2, 0) is 11.2 Å². The van der Waals surface area contributed by atoms with Crippen LogP contribution in [0.3, 0.4) is 0 Å². The number of hydrogen-bond acceptors (Lipinski definition) is 6. The van der Waals surface area contributed by atoms with E-state index in [0.29, 0.717) is 19.4 Å². The summed E-state index contributed by atoms with van der Waals surface area (Å²) in [5.74, 6) is -0.317. The average molecular weight is 483 g/mol. The number of aryl methyl sites for hydroxylation is 2. The van der Waals surface area contributed by atoms with Crippen LogP contribution in [0.5, 0.6) is 5.75 Å². The summed E-state index contributed by atoms with van der Waals surface area (Å²) in [6, 6.07) is 9.65. The van der Waals surface area contributed by atoms with Crippen LogP contribution in [0.15, 0.2) is 41.9 Å². The van der Waals surface area contributed by atoms with Crippen molar-refractivity contribution in [1.29, 1.82) is 0 Å². The van der Waals surface area contributed by atoms with Crippen molar-refractivity contribution >= 4 is 28.2 Å². The highest BCUT2D eigenvalue weighted by molar-refractivity contribution is 7.10. The van der Waals surface area contributed by atoms with Crippen LogP contribution < -0.4 is 4.74 Å². The number of fused-ring (bicyclic) bond motifs is 1. The van der Waals surface area contributed by atoms with Gasteiger partial charge in [0.2, 0.25) is 0 Å². The number of carbonyl (C=O) groups is 1. The van der Waals surface area contributed by atoms with Crippen LogP contribution in [0, 0.1) is 18.8 Å². The molecule has 1 aliphatic heterocycles. The SMILES string of the molecule is COc1ccc2nccc(C(O)CC[C@@H]3CCN(CCCc4sccc4C)C[C@@H]3C(=O)O)c2c1. The zero-order valence-electron chi connectivity index (χ0n) is 19.9. The first-order chi connectivity index (χ1) is 16.5. The topological polar surface area (TPSA) is 82.9 Å². The molecule has 0 saturated carbocycles. The number of nitrogens with zero attached hydrogens (tertiary/aromatic N) is 2. The lowest BCUT2D eigenvalue weighted by Crippen LogP contribution is -2.44. The molecule has 3 heterocycles. The van der Waals surface area contributed by atoms with Gasteiger partial charge in [-0.2, -0.15) is 0 Å². The molecule has 4 rings (SSSR count). The Bertz CT molecular complexity index is 1110. The Hall–Kier alpha value is -2.48. The van der Waals surface area contributed by atoms with Gasteiger partial charge in [-0.25, -0.2) is 0 Å². The summed E-state index contributed by atoms with van der Waals surface area (Å²) < 4.78 is 5.34. The van der Waals surface area contributed by atoms with Crippen LogP contribution in [0.25, 0.3) is 10.9 Å². The molecule has 3 atom stereocenters. The maximum atomic E-state index is 12.1. The first-order valence-corrected chi connectivity index (χ1v) is 12.9. The van der Waals surface area contributed by atoms with Gasteiger partial charge in [-0.15, -0.1) is 11.3 Å². The monoisotopic (exact) mass is 482 g/mol. The number of aliphatic carboxylic acids is 1. The minimum Gasteiger partial charge on any atom is -0.497 e. The number of thiophene rings is 1. The van der Waals surface area contributed by atoms with Crippen molar-refractivity contribution in [3.8, 4) is 5.75 Å². The highest BCUT2D eigenvalue weighted by Crippen LogP contribution is 2.34. The molecule has 182 valence electrons. The summed E-state index contributed by atoms with van der Waals surface area (Å²) in [5.41, 5.74) is 2.98. The molecule has 0 spiro atoms. The predicted molar refractivity (Wildman–Crippen MR) is 136 cm³/mol. The van der Waals surface area contributed by atoms with Crippen molar-refractivity contribution in [3.63, 3.8) is 0 Å². The molecule has 0 bridgehead atoms. The van der Waals surface area contributed by atoms with Gasteiger partial charge >= 0.3 is 5.97 Å². The third-order valence-corrected chi connectivity index (χ3v) is 8.24. The van der Waals surface area contributed by atoms with Gasteiger partial charge in [-0.3, -0.25) is 9.78 Å². The summed E-state index contributed by atoms with van der Waals surface area (Å²) in [4.78, 5) is 20.2. The first kappa shape index (κ1) is 24.6. The highest BCUT2D eigenvalue weighted by Gasteiger charge is 2.34. The minimum atomic E-state index is -0.725. The van der Waals surface area contributed by atoms with Crippen LogP contribution in [-0.4, -0.2) is 52.8 Å². The van der Waals surface area contributed by atoms with Crippen molar-refractivity contribution in [2.45, 2.75) is 45.1 Å². The maximum Gasteiger partial charge on any atom is 0.308 e. The third-order valence-electron chi connectivity index (χ3n) is 7.16. The van der Waals surface area contributed by atoms with E-state index in [2.05, 4.69) is 28.3 Å². The zero-order valence-corrected chi connectivity index (χ0v) is 20.8. The molecule has 3 aromatic rings. The minimum absolute atomic E-state index is 0.0746. The number of likely N-dealkylation sites (tertiary alicyclic amines) is 1. The van der Waals surface area contributed by atoms with Crippen LogP contribution in [0.2, 0.25) is 0 Å². The summed E-state index contributed by atoms with van der Waals surface area (Å²) in [6.07, 6.45) is 5.22. The van der Waals surface area contributed by atoms with E-state index in [1.54, 1.807) is 24.6 Å². The van der Waals surface area contributed by atoms with Crippen LogP contribution in [0.1, 0.15) is 47.8 Å². The molecular formula is C27H34N2O4S. The van der Waals surface area contributed by atoms with E-state index in [9.17, 15) is 15.0 Å². The van der Waals surface area contributed by atoms with E-state index in [1.807, 2.05) is 24.3 Å². The number of aliphatic hydroxyl groups is 1. The van der Waals surface area contributed by atoms with Gasteiger partial charge in [0.1, 0.15) is 5.75 Å². The van der Waals surface area contributed by atoms with Crippen molar-refractivity contribution in [2.75, 3.05) is 26.7 Å². The summed E-state index contributed by atoms with van der Waals surface area (Å²) in [6.45, 7) is 4.59. The van der Waals surface area contributed by atoms with Crippen LogP contribution >= 0.6 is 11.3 Å². The third kappa shape index (κ3) is 5.77. The molecule has 7 heteroatoms. The lowest BCUT2D eigenvalue weighted by molar-refractivity contribution is -0.146. The molecule has 1 aliphatic rings. The molecule has 34 heavy (non-hydrogen) atoms. The number of methoxy groups -OCH3 is 1. The number of aliphatic hydroxyl groups excluding tert-OH is 1. The summed E-state index contributed by atoms with van der Waals surface area (Å²) in [5, 5.41) is 23.9. The molecule has 1 aromatic carbocycles. The molecule has 0 radical (unpaired) electrons. The van der Waals surface area contributed by atoms with E-state index < -0.39 is 18.0 Å². The Morgan fingerprint density at radius 1 is 1.32 bits per heavy atom. The fourth-order valence-electron chi connectivity index (χ4n) is 5.11. The number of hydrogen-bond donors (Lipinski definition) is 2. The molecule has 6 nitrogen and oxygen atoms in total. The largest absolute Gasteiger partial charge is 0.497 e. The fourth-order valence-corrected chi connectivity index (χ4v) is 6.06. The van der Waals surface area contributed by atoms with E-state index in [4.69, 9.17) is 4.74 Å². The van der Waals surface area contributed by atoms with Gasteiger partial charge in [-0.05, 0) is 105 Å². The Labute approximate surface area is 205 Å². The molecule has 2 N–H and O–H groups in total. The predicted octanol–water partition coefficient (Wildman–Crippen LogP) is 5.08. The average Bonchev–Trinajstić information content (AvgIpc) is 3.26. The molecular weight excluding hydrogens is 448 g/mol. The second-order valence-corrected chi connectivity index (χ2v) is 10.3. The second kappa shape index (κ2) is 11.3. The number of pyridine rings is 1. The quantitative estimate of drug-likeness (QED) is 0.419. The number of rotatable bonds is 10. The molecule has 1 saturated heterocycles. The maximum absolute atomic E-state index is 12.1. The van der Waals surface area contributed by atoms with E-state index in [-0.39, 0.29) is 5.92 Å². The van der Waals surface area contributed by atoms with E-state index >= 15 is 0 Å². The lowest BCUT2D eigenvalue weighted by atomic mass is 9.81. The Balaban J connectivity index is 1.34. The second-order valence-electron chi connectivity index (χ2n) is 9.30. The van der Waals surface area contributed by atoms with Crippen molar-refractivity contribution in [3.05, 3.63) is 57.9 Å². The molecule has 0 aliphatic carbocycles. The smallest absolute Gasteiger partial charge is 0.308 e. The molecule has 1 fully saturated rings. The van der Waals surface area contributed by atoms with Crippen molar-refractivity contribution in [2.24, 2.45) is 11.8 Å². The number of piperidine rings is 1. The van der Waals surface area contributed by atoms with Gasteiger partial charge in [0.05, 0.1) is 24.6 Å². The lowest BCUT2D eigenvalue weighted by Gasteiger charge is -2.37. The van der Waals surface area contributed by atoms with Crippen molar-refractivity contribution < 1.29 is 19.7 Å². The van der Waals surface area contributed by atoms with Gasteiger partial charge in [0, 0.05) is 23.0 Å². The van der Waals surface area contributed by atoms with Gasteiger partial charge < -0.3 is 19.8 Å². The van der Waals surface area contributed by atoms with Gasteiger partial charge in [0.15, 0.2) is 0 Å². The number of benzene rings is 1. The van der Waals surface area contributed by atoms with Gasteiger partial charge in [0.25, 0.3) is 0 Å². The van der Waals surface area contributed by atoms with E-state index in [0.717, 1.165) is 54.6 Å². The first-order valence-electron chi connectivity index (χ1n) is 12.0. The highest BCUT2D eigenvalue weighted by atomic mass is 32.1. The number of carboxylic acid groups (broad SMARTS) is 1. The van der Waals surface area contributed by atoms with E-state index in [1.165, 1.54) is 10.4 Å².